The topological polar surface area (TPSA) is 74.8 Å². The Bertz CT molecular complexity index is 676. The Kier molecular flexibility index (Phi) is 8.03. The summed E-state index contributed by atoms with van der Waals surface area (Å²) in [5.74, 6) is 0.772. The van der Waals surface area contributed by atoms with Crippen LogP contribution in [0.1, 0.15) is 48.0 Å². The Hall–Kier alpha value is -1.73. The third kappa shape index (κ3) is 6.14. The van der Waals surface area contributed by atoms with Gasteiger partial charge in [-0.2, -0.15) is 11.8 Å². The van der Waals surface area contributed by atoms with Gasteiger partial charge in [-0.3, -0.25) is 9.79 Å². The van der Waals surface area contributed by atoms with E-state index in [0.29, 0.717) is 24.7 Å². The van der Waals surface area contributed by atoms with E-state index in [1.807, 2.05) is 36.0 Å². The van der Waals surface area contributed by atoms with Crippen LogP contribution in [-0.2, 0) is 11.3 Å². The van der Waals surface area contributed by atoms with Crippen molar-refractivity contribution in [2.24, 2.45) is 4.99 Å². The highest BCUT2D eigenvalue weighted by atomic mass is 32.2. The summed E-state index contributed by atoms with van der Waals surface area (Å²) >= 11 is 1.95. The molecule has 3 atom stereocenters. The summed E-state index contributed by atoms with van der Waals surface area (Å²) < 4.78 is 5.56. The first-order valence-electron chi connectivity index (χ1n) is 10.2. The summed E-state index contributed by atoms with van der Waals surface area (Å²) in [7, 11) is 1.80. The molecule has 1 aliphatic carbocycles. The van der Waals surface area contributed by atoms with Crippen LogP contribution in [0.15, 0.2) is 29.3 Å². The molecule has 2 aliphatic rings. The van der Waals surface area contributed by atoms with E-state index in [9.17, 15) is 4.79 Å². The molecule has 0 spiro atoms. The lowest BCUT2D eigenvalue weighted by atomic mass is 10.1. The largest absolute Gasteiger partial charge is 0.376 e. The number of carbonyl (C=O) groups excluding carboxylic acids is 1. The molecule has 0 radical (unpaired) electrons. The lowest BCUT2D eigenvalue weighted by Crippen LogP contribution is -2.42. The van der Waals surface area contributed by atoms with Crippen molar-refractivity contribution in [3.05, 3.63) is 35.4 Å². The zero-order valence-electron chi connectivity index (χ0n) is 16.9. The Morgan fingerprint density at radius 2 is 2.18 bits per heavy atom. The number of benzene rings is 1. The number of thioether (sulfide) groups is 1. The van der Waals surface area contributed by atoms with Crippen LogP contribution >= 0.6 is 11.8 Å². The molecule has 7 heteroatoms. The van der Waals surface area contributed by atoms with E-state index in [4.69, 9.17) is 4.74 Å². The summed E-state index contributed by atoms with van der Waals surface area (Å²) in [4.78, 5) is 16.8. The predicted octanol–water partition coefficient (Wildman–Crippen LogP) is 2.54. The number of rotatable bonds is 7. The fourth-order valence-corrected chi connectivity index (χ4v) is 4.59. The first-order valence-corrected chi connectivity index (χ1v) is 11.5. The minimum Gasteiger partial charge on any atom is -0.376 e. The molecule has 0 aromatic heterocycles. The van der Waals surface area contributed by atoms with Gasteiger partial charge in [0.05, 0.1) is 6.10 Å². The zero-order valence-corrected chi connectivity index (χ0v) is 17.7. The van der Waals surface area contributed by atoms with Gasteiger partial charge in [-0.15, -0.1) is 0 Å². The number of nitrogens with one attached hydrogen (secondary N) is 3. The maximum absolute atomic E-state index is 12.4. The third-order valence-corrected chi connectivity index (χ3v) is 6.54. The maximum Gasteiger partial charge on any atom is 0.251 e. The van der Waals surface area contributed by atoms with E-state index in [0.717, 1.165) is 36.2 Å². The lowest BCUT2D eigenvalue weighted by molar-refractivity contribution is 0.0857. The quantitative estimate of drug-likeness (QED) is 0.481. The van der Waals surface area contributed by atoms with Gasteiger partial charge in [0.15, 0.2) is 5.96 Å². The highest BCUT2D eigenvalue weighted by Crippen LogP contribution is 2.28. The molecule has 0 bridgehead atoms. The lowest BCUT2D eigenvalue weighted by Gasteiger charge is -2.17. The molecule has 1 saturated carbocycles. The minimum absolute atomic E-state index is 0.0473. The monoisotopic (exact) mass is 404 g/mol. The molecule has 1 saturated heterocycles. The van der Waals surface area contributed by atoms with E-state index in [2.05, 4.69) is 27.2 Å². The van der Waals surface area contributed by atoms with Crippen LogP contribution in [0, 0.1) is 0 Å². The standard InChI is InChI=1S/C21H32N4O2S/c1-22-21(25-17-8-9-19(12-17)28-2)24-13-15-5-3-6-16(11-15)20(26)23-14-18-7-4-10-27-18/h3,5-6,11,17-19H,4,7-10,12-14H2,1-2H3,(H,23,26)(H2,22,24,25). The molecule has 3 unspecified atom stereocenters. The summed E-state index contributed by atoms with van der Waals surface area (Å²) in [5, 5.41) is 10.6. The van der Waals surface area contributed by atoms with Crippen molar-refractivity contribution in [1.29, 1.82) is 0 Å². The Labute approximate surface area is 172 Å². The van der Waals surface area contributed by atoms with Gasteiger partial charge in [-0.05, 0) is 56.1 Å². The van der Waals surface area contributed by atoms with E-state index in [-0.39, 0.29) is 12.0 Å². The smallest absolute Gasteiger partial charge is 0.251 e. The fraction of sp³-hybridized carbons (Fsp3) is 0.619. The molecule has 6 nitrogen and oxygen atoms in total. The molecule has 1 amide bonds. The van der Waals surface area contributed by atoms with Gasteiger partial charge < -0.3 is 20.7 Å². The first kappa shape index (κ1) is 21.0. The number of ether oxygens (including phenoxy) is 1. The van der Waals surface area contributed by atoms with Crippen molar-refractivity contribution in [2.45, 2.75) is 56.0 Å². The zero-order chi connectivity index (χ0) is 19.8. The number of amides is 1. The fourth-order valence-electron chi connectivity index (χ4n) is 3.80. The van der Waals surface area contributed by atoms with Crippen molar-refractivity contribution in [3.8, 4) is 0 Å². The number of hydrogen-bond donors (Lipinski definition) is 3. The molecule has 154 valence electrons. The Balaban J connectivity index is 1.47. The van der Waals surface area contributed by atoms with Crippen LogP contribution in [0.25, 0.3) is 0 Å². The van der Waals surface area contributed by atoms with Crippen LogP contribution in [0.5, 0.6) is 0 Å². The van der Waals surface area contributed by atoms with E-state index < -0.39 is 0 Å². The van der Waals surface area contributed by atoms with Gasteiger partial charge >= 0.3 is 0 Å². The normalized spacial score (nSPS) is 24.9. The second-order valence-corrected chi connectivity index (χ2v) is 8.62. The van der Waals surface area contributed by atoms with Crippen LogP contribution in [0.3, 0.4) is 0 Å². The second kappa shape index (κ2) is 10.7. The van der Waals surface area contributed by atoms with Gasteiger partial charge in [0.25, 0.3) is 5.91 Å². The van der Waals surface area contributed by atoms with E-state index in [1.54, 1.807) is 7.05 Å². The van der Waals surface area contributed by atoms with Gasteiger partial charge in [-0.1, -0.05) is 12.1 Å². The van der Waals surface area contributed by atoms with E-state index in [1.165, 1.54) is 19.3 Å². The number of carbonyl (C=O) groups is 1. The van der Waals surface area contributed by atoms with Crippen molar-refractivity contribution >= 4 is 23.6 Å². The average molecular weight is 405 g/mol. The number of nitrogens with zero attached hydrogens (tertiary/aromatic N) is 1. The Morgan fingerprint density at radius 3 is 2.89 bits per heavy atom. The van der Waals surface area contributed by atoms with Gasteiger partial charge in [0.2, 0.25) is 0 Å². The Morgan fingerprint density at radius 1 is 1.29 bits per heavy atom. The van der Waals surface area contributed by atoms with E-state index >= 15 is 0 Å². The number of guanidine groups is 1. The SMILES string of the molecule is CN=C(NCc1cccc(C(=O)NCC2CCCO2)c1)NC1CCC(SC)C1. The van der Waals surface area contributed by atoms with Crippen molar-refractivity contribution in [3.63, 3.8) is 0 Å². The third-order valence-electron chi connectivity index (χ3n) is 5.45. The highest BCUT2D eigenvalue weighted by Gasteiger charge is 2.24. The van der Waals surface area contributed by atoms with Crippen LogP contribution in [0.4, 0.5) is 0 Å². The summed E-state index contributed by atoms with van der Waals surface area (Å²) in [6, 6.07) is 8.22. The van der Waals surface area contributed by atoms with Gasteiger partial charge in [-0.25, -0.2) is 0 Å². The molecule has 28 heavy (non-hydrogen) atoms. The second-order valence-electron chi connectivity index (χ2n) is 7.48. The molecule has 1 aliphatic heterocycles. The summed E-state index contributed by atoms with van der Waals surface area (Å²) in [5.41, 5.74) is 1.74. The predicted molar refractivity (Wildman–Crippen MR) is 116 cm³/mol. The first-order chi connectivity index (χ1) is 13.7. The summed E-state index contributed by atoms with van der Waals surface area (Å²) in [6.07, 6.45) is 8.08. The molecular weight excluding hydrogens is 372 g/mol. The molecule has 3 N–H and O–H groups in total. The number of aliphatic imine (C=N–C) groups is 1. The van der Waals surface area contributed by atoms with Gasteiger partial charge in [0.1, 0.15) is 0 Å². The van der Waals surface area contributed by atoms with Crippen LogP contribution < -0.4 is 16.0 Å². The summed E-state index contributed by atoms with van der Waals surface area (Å²) in [6.45, 7) is 2.01. The molecular formula is C21H32N4O2S. The minimum atomic E-state index is -0.0473. The van der Waals surface area contributed by atoms with Crippen LogP contribution in [-0.4, -0.2) is 55.7 Å². The molecule has 1 heterocycles. The number of hydrogen-bond acceptors (Lipinski definition) is 4. The molecule has 2 fully saturated rings. The van der Waals surface area contributed by atoms with Crippen LogP contribution in [0.2, 0.25) is 0 Å². The highest BCUT2D eigenvalue weighted by molar-refractivity contribution is 7.99. The average Bonchev–Trinajstić information content (AvgIpc) is 3.41. The molecule has 1 aromatic rings. The van der Waals surface area contributed by atoms with Crippen molar-refractivity contribution < 1.29 is 9.53 Å². The molecule has 3 rings (SSSR count). The van der Waals surface area contributed by atoms with Crippen molar-refractivity contribution in [1.82, 2.24) is 16.0 Å². The van der Waals surface area contributed by atoms with Crippen molar-refractivity contribution in [2.75, 3.05) is 26.5 Å². The van der Waals surface area contributed by atoms with Gasteiger partial charge in [0, 0.05) is 43.6 Å². The maximum atomic E-state index is 12.4. The molecule has 1 aromatic carbocycles.